The molecule has 0 aliphatic carbocycles. The van der Waals surface area contributed by atoms with Gasteiger partial charge in [-0.25, -0.2) is 4.39 Å². The Labute approximate surface area is 110 Å². The molecule has 0 amide bonds. The highest BCUT2D eigenvalue weighted by Crippen LogP contribution is 2.29. The van der Waals surface area contributed by atoms with Crippen molar-refractivity contribution >= 4 is 17.2 Å². The van der Waals surface area contributed by atoms with Crippen molar-refractivity contribution in [2.75, 3.05) is 26.3 Å². The highest BCUT2D eigenvalue weighted by Gasteiger charge is 2.31. The Morgan fingerprint density at radius 2 is 2.28 bits per heavy atom. The Hall–Kier alpha value is -0.970. The third-order valence-corrected chi connectivity index (χ3v) is 3.87. The maximum atomic E-state index is 13.7. The molecule has 96 valence electrons. The fourth-order valence-corrected chi connectivity index (χ4v) is 2.73. The van der Waals surface area contributed by atoms with Crippen LogP contribution < -0.4 is 0 Å². The zero-order chi connectivity index (χ0) is 12.5. The molecule has 3 rings (SSSR count). The number of ether oxygens (including phenoxy) is 1. The van der Waals surface area contributed by atoms with Gasteiger partial charge in [0.15, 0.2) is 0 Å². The summed E-state index contributed by atoms with van der Waals surface area (Å²) in [5.74, 6) is -0.310. The summed E-state index contributed by atoms with van der Waals surface area (Å²) < 4.78 is 18.9. The molecule has 3 heterocycles. The van der Waals surface area contributed by atoms with Crippen LogP contribution in [0.5, 0.6) is 0 Å². The molecule has 0 saturated carbocycles. The van der Waals surface area contributed by atoms with E-state index in [0.717, 1.165) is 31.9 Å². The summed E-state index contributed by atoms with van der Waals surface area (Å²) in [5.41, 5.74) is 1.43. The molecule has 1 atom stereocenters. The molecule has 1 aromatic rings. The van der Waals surface area contributed by atoms with Gasteiger partial charge in [0, 0.05) is 24.8 Å². The second-order valence-corrected chi connectivity index (χ2v) is 5.15. The van der Waals surface area contributed by atoms with Gasteiger partial charge in [-0.3, -0.25) is 9.88 Å². The molecule has 3 nitrogen and oxygen atoms in total. The Balaban J connectivity index is 1.81. The lowest BCUT2D eigenvalue weighted by Gasteiger charge is -2.40. The molecule has 0 N–H and O–H groups in total. The molecule has 0 radical (unpaired) electrons. The molecule has 2 aliphatic rings. The van der Waals surface area contributed by atoms with E-state index in [9.17, 15) is 4.39 Å². The van der Waals surface area contributed by atoms with E-state index in [1.165, 1.54) is 6.20 Å². The molecular formula is C13H14ClFN2O. The molecule has 0 bridgehead atoms. The predicted molar refractivity (Wildman–Crippen MR) is 68.0 cm³/mol. The van der Waals surface area contributed by atoms with Gasteiger partial charge in [0.2, 0.25) is 0 Å². The summed E-state index contributed by atoms with van der Waals surface area (Å²) in [7, 11) is 0. The van der Waals surface area contributed by atoms with Crippen LogP contribution in [0.1, 0.15) is 5.56 Å². The summed E-state index contributed by atoms with van der Waals surface area (Å²) in [6, 6.07) is 2.14. The SMILES string of the molecule is Fc1cnccc1C1=CCN(C2COC2)CC1Cl. The fraction of sp³-hybridized carbons (Fsp3) is 0.462. The van der Waals surface area contributed by atoms with E-state index in [4.69, 9.17) is 16.3 Å². The third-order valence-electron chi connectivity index (χ3n) is 3.50. The third kappa shape index (κ3) is 2.16. The second-order valence-electron chi connectivity index (χ2n) is 4.63. The summed E-state index contributed by atoms with van der Waals surface area (Å²) in [6.07, 6.45) is 4.83. The van der Waals surface area contributed by atoms with Crippen molar-refractivity contribution in [1.82, 2.24) is 9.88 Å². The molecule has 1 unspecified atom stereocenters. The van der Waals surface area contributed by atoms with Crippen molar-refractivity contribution in [3.63, 3.8) is 0 Å². The number of nitrogens with zero attached hydrogens (tertiary/aromatic N) is 2. The van der Waals surface area contributed by atoms with Crippen molar-refractivity contribution in [2.45, 2.75) is 11.4 Å². The van der Waals surface area contributed by atoms with E-state index >= 15 is 0 Å². The zero-order valence-electron chi connectivity index (χ0n) is 9.85. The van der Waals surface area contributed by atoms with Crippen LogP contribution in [-0.4, -0.2) is 47.6 Å². The van der Waals surface area contributed by atoms with Crippen molar-refractivity contribution < 1.29 is 9.13 Å². The van der Waals surface area contributed by atoms with Crippen LogP contribution in [0.15, 0.2) is 24.5 Å². The predicted octanol–water partition coefficient (Wildman–Crippen LogP) is 1.93. The Morgan fingerprint density at radius 1 is 1.44 bits per heavy atom. The second kappa shape index (κ2) is 4.96. The van der Waals surface area contributed by atoms with Gasteiger partial charge in [0.25, 0.3) is 0 Å². The molecular weight excluding hydrogens is 255 g/mol. The number of pyridine rings is 1. The van der Waals surface area contributed by atoms with Gasteiger partial charge in [-0.15, -0.1) is 11.6 Å². The maximum absolute atomic E-state index is 13.7. The number of rotatable bonds is 2. The molecule has 1 aromatic heterocycles. The van der Waals surface area contributed by atoms with E-state index in [1.54, 1.807) is 12.3 Å². The largest absolute Gasteiger partial charge is 0.378 e. The number of aromatic nitrogens is 1. The highest BCUT2D eigenvalue weighted by atomic mass is 35.5. The Bertz CT molecular complexity index is 476. The standard InChI is InChI=1S/C13H14ClFN2O/c14-12-6-17(9-7-18-8-9)4-2-10(12)11-1-3-16-5-13(11)15/h1-3,5,9,12H,4,6-8H2. The number of hydrogen-bond acceptors (Lipinski definition) is 3. The maximum Gasteiger partial charge on any atom is 0.149 e. The van der Waals surface area contributed by atoms with Crippen LogP contribution in [-0.2, 0) is 4.74 Å². The minimum absolute atomic E-state index is 0.184. The van der Waals surface area contributed by atoms with E-state index in [0.29, 0.717) is 11.6 Å². The van der Waals surface area contributed by atoms with Gasteiger partial charge < -0.3 is 4.74 Å². The van der Waals surface area contributed by atoms with Crippen molar-refractivity contribution in [3.05, 3.63) is 35.9 Å². The Morgan fingerprint density at radius 3 is 2.89 bits per heavy atom. The van der Waals surface area contributed by atoms with Gasteiger partial charge in [-0.1, -0.05) is 6.08 Å². The van der Waals surface area contributed by atoms with E-state index in [1.807, 2.05) is 6.08 Å². The van der Waals surface area contributed by atoms with Crippen molar-refractivity contribution in [3.8, 4) is 0 Å². The lowest BCUT2D eigenvalue weighted by Crippen LogP contribution is -2.52. The van der Waals surface area contributed by atoms with Gasteiger partial charge >= 0.3 is 0 Å². The molecule has 2 aliphatic heterocycles. The molecule has 18 heavy (non-hydrogen) atoms. The number of halogens is 2. The summed E-state index contributed by atoms with van der Waals surface area (Å²) in [6.45, 7) is 3.09. The normalized spacial score (nSPS) is 25.7. The molecule has 0 aromatic carbocycles. The average Bonchev–Trinajstić information content (AvgIpc) is 2.28. The lowest BCUT2D eigenvalue weighted by atomic mass is 9.98. The topological polar surface area (TPSA) is 25.4 Å². The highest BCUT2D eigenvalue weighted by molar-refractivity contribution is 6.26. The minimum atomic E-state index is -0.310. The first kappa shape index (κ1) is 12.1. The summed E-state index contributed by atoms with van der Waals surface area (Å²) in [5, 5.41) is -0.184. The van der Waals surface area contributed by atoms with Crippen LogP contribution in [0.2, 0.25) is 0 Å². The average molecular weight is 269 g/mol. The summed E-state index contributed by atoms with van der Waals surface area (Å²) >= 11 is 6.37. The van der Waals surface area contributed by atoms with Crippen LogP contribution >= 0.6 is 11.6 Å². The number of hydrogen-bond donors (Lipinski definition) is 0. The van der Waals surface area contributed by atoms with Gasteiger partial charge in [0.05, 0.1) is 30.8 Å². The lowest BCUT2D eigenvalue weighted by molar-refractivity contribution is -0.0610. The molecule has 0 spiro atoms. The Kier molecular flexibility index (Phi) is 3.33. The fourth-order valence-electron chi connectivity index (χ4n) is 2.34. The quantitative estimate of drug-likeness (QED) is 0.767. The summed E-state index contributed by atoms with van der Waals surface area (Å²) in [4.78, 5) is 6.04. The smallest absolute Gasteiger partial charge is 0.149 e. The van der Waals surface area contributed by atoms with E-state index in [-0.39, 0.29) is 11.2 Å². The van der Waals surface area contributed by atoms with Crippen molar-refractivity contribution in [2.24, 2.45) is 0 Å². The van der Waals surface area contributed by atoms with Gasteiger partial charge in [0.1, 0.15) is 5.82 Å². The first-order valence-electron chi connectivity index (χ1n) is 6.01. The van der Waals surface area contributed by atoms with Gasteiger partial charge in [-0.05, 0) is 11.6 Å². The molecule has 1 saturated heterocycles. The van der Waals surface area contributed by atoms with Crippen LogP contribution in [0.3, 0.4) is 0 Å². The van der Waals surface area contributed by atoms with E-state index < -0.39 is 0 Å². The zero-order valence-corrected chi connectivity index (χ0v) is 10.6. The van der Waals surface area contributed by atoms with Gasteiger partial charge in [-0.2, -0.15) is 0 Å². The molecule has 5 heteroatoms. The molecule has 1 fully saturated rings. The minimum Gasteiger partial charge on any atom is -0.378 e. The monoisotopic (exact) mass is 268 g/mol. The van der Waals surface area contributed by atoms with Crippen LogP contribution in [0.4, 0.5) is 4.39 Å². The number of alkyl halides is 1. The first-order chi connectivity index (χ1) is 8.75. The van der Waals surface area contributed by atoms with Crippen LogP contribution in [0, 0.1) is 5.82 Å². The van der Waals surface area contributed by atoms with Crippen molar-refractivity contribution in [1.29, 1.82) is 0 Å². The van der Waals surface area contributed by atoms with E-state index in [2.05, 4.69) is 9.88 Å². The van der Waals surface area contributed by atoms with Crippen LogP contribution in [0.25, 0.3) is 5.57 Å². The first-order valence-corrected chi connectivity index (χ1v) is 6.45.